The predicted octanol–water partition coefficient (Wildman–Crippen LogP) is 0.271. The summed E-state index contributed by atoms with van der Waals surface area (Å²) in [6, 6.07) is 11.5. The Morgan fingerprint density at radius 1 is 0.900 bits per heavy atom. The molecule has 158 valence electrons. The summed E-state index contributed by atoms with van der Waals surface area (Å²) in [6.45, 7) is 0. The van der Waals surface area contributed by atoms with Gasteiger partial charge in [-0.1, -0.05) is 12.1 Å². The zero-order valence-electron chi connectivity index (χ0n) is 15.3. The molecule has 0 aliphatic carbocycles. The molecular weight excluding hydrogens is 434 g/mol. The molecule has 3 rings (SSSR count). The van der Waals surface area contributed by atoms with E-state index in [1.165, 1.54) is 18.5 Å². The van der Waals surface area contributed by atoms with Crippen molar-refractivity contribution in [2.24, 2.45) is 0 Å². The SMILES string of the molecule is O=P([O-])([O-])C(O)(CCc1cc(-c2ccccn2)nnc1-c1ccccn1)P(=O)(O)O. The molecule has 0 aliphatic heterocycles. The number of hydrogen-bond donors (Lipinski definition) is 3. The Morgan fingerprint density at radius 2 is 1.50 bits per heavy atom. The van der Waals surface area contributed by atoms with Crippen molar-refractivity contribution in [3.63, 3.8) is 0 Å². The summed E-state index contributed by atoms with van der Waals surface area (Å²) in [5, 5.41) is 14.5. The maximum absolute atomic E-state index is 11.6. The molecule has 11 nitrogen and oxygen atoms in total. The number of aromatic nitrogens is 4. The van der Waals surface area contributed by atoms with Gasteiger partial charge in [-0.3, -0.25) is 14.5 Å². The molecule has 0 saturated carbocycles. The molecule has 1 unspecified atom stereocenters. The lowest BCUT2D eigenvalue weighted by Crippen LogP contribution is -2.39. The molecule has 3 heterocycles. The first-order chi connectivity index (χ1) is 14.0. The molecule has 0 fully saturated rings. The molecule has 3 aromatic rings. The highest BCUT2D eigenvalue weighted by molar-refractivity contribution is 7.70. The van der Waals surface area contributed by atoms with Crippen molar-refractivity contribution in [2.45, 2.75) is 17.9 Å². The van der Waals surface area contributed by atoms with Crippen molar-refractivity contribution in [3.05, 3.63) is 60.4 Å². The number of aliphatic hydroxyl groups is 1. The fraction of sp³-hybridized carbons (Fsp3) is 0.176. The highest BCUT2D eigenvalue weighted by Crippen LogP contribution is 2.65. The maximum atomic E-state index is 11.6. The van der Waals surface area contributed by atoms with Crippen molar-refractivity contribution in [2.75, 3.05) is 0 Å². The van der Waals surface area contributed by atoms with Crippen molar-refractivity contribution in [1.82, 2.24) is 20.2 Å². The lowest BCUT2D eigenvalue weighted by atomic mass is 10.0. The van der Waals surface area contributed by atoms with Crippen LogP contribution in [0.15, 0.2) is 54.9 Å². The van der Waals surface area contributed by atoms with Crippen LogP contribution in [0.5, 0.6) is 0 Å². The van der Waals surface area contributed by atoms with E-state index < -0.39 is 33.1 Å². The van der Waals surface area contributed by atoms with Gasteiger partial charge in [-0.2, -0.15) is 0 Å². The molecule has 3 N–H and O–H groups in total. The summed E-state index contributed by atoms with van der Waals surface area (Å²) >= 11 is 0. The number of rotatable bonds is 7. The van der Waals surface area contributed by atoms with Crippen LogP contribution in [-0.4, -0.2) is 40.1 Å². The summed E-state index contributed by atoms with van der Waals surface area (Å²) in [5.74, 6) is 0. The van der Waals surface area contributed by atoms with Crippen LogP contribution in [-0.2, 0) is 15.6 Å². The van der Waals surface area contributed by atoms with E-state index in [1.54, 1.807) is 36.4 Å². The minimum Gasteiger partial charge on any atom is -0.808 e. The maximum Gasteiger partial charge on any atom is 0.361 e. The van der Waals surface area contributed by atoms with E-state index in [4.69, 9.17) is 0 Å². The van der Waals surface area contributed by atoms with Crippen LogP contribution >= 0.6 is 15.2 Å². The molecule has 0 aromatic carbocycles. The molecule has 0 aliphatic rings. The van der Waals surface area contributed by atoms with Crippen molar-refractivity contribution < 1.29 is 33.8 Å². The second kappa shape index (κ2) is 8.41. The largest absolute Gasteiger partial charge is 0.808 e. The lowest BCUT2D eigenvalue weighted by molar-refractivity contribution is -0.325. The zero-order valence-corrected chi connectivity index (χ0v) is 17.1. The third kappa shape index (κ3) is 4.53. The smallest absolute Gasteiger partial charge is 0.361 e. The normalized spacial score (nSPS) is 14.3. The molecule has 3 aromatic heterocycles. The van der Waals surface area contributed by atoms with Crippen LogP contribution in [0.4, 0.5) is 0 Å². The Balaban J connectivity index is 2.07. The van der Waals surface area contributed by atoms with Gasteiger partial charge in [0.1, 0.15) is 11.4 Å². The highest BCUT2D eigenvalue weighted by Gasteiger charge is 2.48. The monoisotopic (exact) mass is 450 g/mol. The number of nitrogens with zero attached hydrogens (tertiary/aromatic N) is 4. The lowest BCUT2D eigenvalue weighted by Gasteiger charge is -2.45. The van der Waals surface area contributed by atoms with E-state index in [2.05, 4.69) is 20.2 Å². The molecule has 0 amide bonds. The van der Waals surface area contributed by atoms with Crippen LogP contribution in [0.2, 0.25) is 0 Å². The van der Waals surface area contributed by atoms with Gasteiger partial charge in [-0.15, -0.1) is 10.2 Å². The van der Waals surface area contributed by atoms with Crippen LogP contribution in [0.1, 0.15) is 12.0 Å². The Bertz CT molecular complexity index is 1100. The first kappa shape index (κ1) is 22.3. The third-order valence-corrected chi connectivity index (χ3v) is 8.12. The van der Waals surface area contributed by atoms with Gasteiger partial charge in [0.15, 0.2) is 5.08 Å². The molecular formula is C17H16N4O7P2-2. The van der Waals surface area contributed by atoms with Gasteiger partial charge < -0.3 is 29.2 Å². The predicted molar refractivity (Wildman–Crippen MR) is 101 cm³/mol. The quantitative estimate of drug-likeness (QED) is 0.418. The zero-order chi connectivity index (χ0) is 22.0. The summed E-state index contributed by atoms with van der Waals surface area (Å²) < 4.78 is 23.0. The van der Waals surface area contributed by atoms with Gasteiger partial charge >= 0.3 is 7.60 Å². The number of hydrogen-bond acceptors (Lipinski definition) is 9. The van der Waals surface area contributed by atoms with Crippen LogP contribution in [0, 0.1) is 0 Å². The Labute approximate surface area is 170 Å². The molecule has 0 bridgehead atoms. The summed E-state index contributed by atoms with van der Waals surface area (Å²) in [4.78, 5) is 49.8. The first-order valence-electron chi connectivity index (χ1n) is 8.52. The molecule has 0 spiro atoms. The van der Waals surface area contributed by atoms with E-state index >= 15 is 0 Å². The average molecular weight is 450 g/mol. The fourth-order valence-electron chi connectivity index (χ4n) is 2.72. The third-order valence-electron chi connectivity index (χ3n) is 4.34. The van der Waals surface area contributed by atoms with Crippen LogP contribution in [0.3, 0.4) is 0 Å². The van der Waals surface area contributed by atoms with Gasteiger partial charge in [-0.05, 0) is 56.3 Å². The fourth-order valence-corrected chi connectivity index (χ4v) is 4.79. The van der Waals surface area contributed by atoms with Gasteiger partial charge in [0.05, 0.1) is 11.4 Å². The van der Waals surface area contributed by atoms with E-state index in [0.717, 1.165) is 0 Å². The van der Waals surface area contributed by atoms with Gasteiger partial charge in [0.2, 0.25) is 0 Å². The second-order valence-electron chi connectivity index (χ2n) is 6.35. The average Bonchev–Trinajstić information content (AvgIpc) is 2.71. The van der Waals surface area contributed by atoms with Gasteiger partial charge in [-0.25, -0.2) is 0 Å². The van der Waals surface area contributed by atoms with E-state index in [1.807, 2.05) is 0 Å². The molecule has 30 heavy (non-hydrogen) atoms. The van der Waals surface area contributed by atoms with Crippen molar-refractivity contribution in [3.8, 4) is 22.8 Å². The van der Waals surface area contributed by atoms with Gasteiger partial charge in [0, 0.05) is 12.4 Å². The number of aryl methyl sites for hydroxylation is 1. The van der Waals surface area contributed by atoms with Crippen molar-refractivity contribution >= 4 is 15.2 Å². The summed E-state index contributed by atoms with van der Waals surface area (Å²) in [6.07, 6.45) is 1.57. The minimum atomic E-state index is -6.07. The summed E-state index contributed by atoms with van der Waals surface area (Å²) in [5.41, 5.74) is 1.58. The standard InChI is InChI=1S/C17H18N4O7P2/c22-17(29(23,24)25,30(26,27)28)8-7-12-11-15(13-5-1-3-9-18-13)20-21-16(12)14-6-2-4-10-19-14/h1-6,9-11,22H,7-8H2,(H2,23,24,25)(H2,26,27,28)/p-2. The Hall–Kier alpha value is -2.36. The van der Waals surface area contributed by atoms with E-state index in [9.17, 15) is 33.8 Å². The van der Waals surface area contributed by atoms with Gasteiger partial charge in [0.25, 0.3) is 0 Å². The first-order valence-corrected chi connectivity index (χ1v) is 11.7. The molecule has 13 heteroatoms. The highest BCUT2D eigenvalue weighted by atomic mass is 31.2. The van der Waals surface area contributed by atoms with Crippen molar-refractivity contribution in [1.29, 1.82) is 0 Å². The molecule has 0 radical (unpaired) electrons. The topological polar surface area (TPSA) is 193 Å². The van der Waals surface area contributed by atoms with Crippen LogP contribution in [0.25, 0.3) is 22.8 Å². The molecule has 1 atom stereocenters. The van der Waals surface area contributed by atoms with Crippen LogP contribution < -0.4 is 9.79 Å². The van der Waals surface area contributed by atoms with E-state index in [-0.39, 0.29) is 11.3 Å². The minimum absolute atomic E-state index is 0.204. The Kier molecular flexibility index (Phi) is 6.26. The second-order valence-corrected chi connectivity index (χ2v) is 10.3. The Morgan fingerprint density at radius 3 is 2.00 bits per heavy atom. The molecule has 0 saturated heterocycles. The number of pyridine rings is 2. The van der Waals surface area contributed by atoms with E-state index in [0.29, 0.717) is 17.1 Å². The summed E-state index contributed by atoms with van der Waals surface area (Å²) in [7, 11) is -11.8.